The molecule has 1 heterocycles. The van der Waals surface area contributed by atoms with Crippen LogP contribution in [0.25, 0.3) is 0 Å². The standard InChI is InChI=1S/C16H19BrFN3OS/c1-16(2,3)14-21-11(9-23-14)8-20-15(22)19-7-10-4-5-12(17)13(18)6-10/h4-6,9H,7-8H2,1-3H3,(H2,19,20,22). The van der Waals surface area contributed by atoms with Crippen molar-refractivity contribution < 1.29 is 9.18 Å². The van der Waals surface area contributed by atoms with Crippen molar-refractivity contribution in [2.24, 2.45) is 0 Å². The van der Waals surface area contributed by atoms with E-state index in [0.29, 0.717) is 16.6 Å². The Labute approximate surface area is 147 Å². The Hall–Kier alpha value is -1.47. The zero-order valence-electron chi connectivity index (χ0n) is 13.2. The number of carbonyl (C=O) groups is 1. The number of aromatic nitrogens is 1. The monoisotopic (exact) mass is 399 g/mol. The second-order valence-electron chi connectivity index (χ2n) is 6.18. The van der Waals surface area contributed by atoms with Crippen LogP contribution in [0.5, 0.6) is 0 Å². The Morgan fingerprint density at radius 3 is 2.61 bits per heavy atom. The van der Waals surface area contributed by atoms with Crippen LogP contribution in [0.4, 0.5) is 9.18 Å². The highest BCUT2D eigenvalue weighted by Crippen LogP contribution is 2.25. The molecule has 2 N–H and O–H groups in total. The highest BCUT2D eigenvalue weighted by atomic mass is 79.9. The van der Waals surface area contributed by atoms with Crippen LogP contribution in [0.15, 0.2) is 28.1 Å². The fourth-order valence-electron chi connectivity index (χ4n) is 1.80. The summed E-state index contributed by atoms with van der Waals surface area (Å²) in [5.41, 5.74) is 1.55. The van der Waals surface area contributed by atoms with Gasteiger partial charge in [-0.05, 0) is 33.6 Å². The molecule has 4 nitrogen and oxygen atoms in total. The smallest absolute Gasteiger partial charge is 0.315 e. The van der Waals surface area contributed by atoms with Crippen LogP contribution in [0.2, 0.25) is 0 Å². The van der Waals surface area contributed by atoms with Gasteiger partial charge in [0.05, 0.1) is 21.7 Å². The second kappa shape index (κ2) is 7.40. The third-order valence-corrected chi connectivity index (χ3v) is 5.02. The van der Waals surface area contributed by atoms with Gasteiger partial charge in [-0.1, -0.05) is 26.8 Å². The molecule has 0 radical (unpaired) electrons. The summed E-state index contributed by atoms with van der Waals surface area (Å²) in [6.07, 6.45) is 0. The van der Waals surface area contributed by atoms with Gasteiger partial charge in [0.25, 0.3) is 0 Å². The number of hydrogen-bond acceptors (Lipinski definition) is 3. The van der Waals surface area contributed by atoms with Crippen molar-refractivity contribution in [2.45, 2.75) is 39.3 Å². The molecule has 7 heteroatoms. The highest BCUT2D eigenvalue weighted by molar-refractivity contribution is 9.10. The van der Waals surface area contributed by atoms with Crippen molar-refractivity contribution in [1.29, 1.82) is 0 Å². The van der Waals surface area contributed by atoms with Crippen molar-refractivity contribution >= 4 is 33.3 Å². The number of halogens is 2. The van der Waals surface area contributed by atoms with E-state index in [1.54, 1.807) is 23.5 Å². The Morgan fingerprint density at radius 2 is 2.00 bits per heavy atom. The number of urea groups is 1. The molecule has 0 saturated carbocycles. The number of carbonyl (C=O) groups excluding carboxylic acids is 1. The lowest BCUT2D eigenvalue weighted by molar-refractivity contribution is 0.240. The van der Waals surface area contributed by atoms with Gasteiger partial charge in [0.15, 0.2) is 0 Å². The molecule has 0 aliphatic rings. The molecule has 124 valence electrons. The molecule has 0 bridgehead atoms. The number of nitrogens with one attached hydrogen (secondary N) is 2. The number of nitrogens with zero attached hydrogens (tertiary/aromatic N) is 1. The van der Waals surface area contributed by atoms with Crippen molar-refractivity contribution in [3.8, 4) is 0 Å². The third kappa shape index (κ3) is 5.28. The van der Waals surface area contributed by atoms with Gasteiger partial charge in [0.1, 0.15) is 5.82 Å². The minimum Gasteiger partial charge on any atom is -0.334 e. The molecular weight excluding hydrogens is 381 g/mol. The van der Waals surface area contributed by atoms with Gasteiger partial charge in [-0.25, -0.2) is 14.2 Å². The number of thiazole rings is 1. The first kappa shape index (κ1) is 17.9. The summed E-state index contributed by atoms with van der Waals surface area (Å²) in [5.74, 6) is -0.345. The fourth-order valence-corrected chi connectivity index (χ4v) is 2.95. The molecular formula is C16H19BrFN3OS. The van der Waals surface area contributed by atoms with Gasteiger partial charge in [0.2, 0.25) is 0 Å². The molecule has 0 atom stereocenters. The highest BCUT2D eigenvalue weighted by Gasteiger charge is 2.18. The quantitative estimate of drug-likeness (QED) is 0.802. The molecule has 0 spiro atoms. The zero-order valence-corrected chi connectivity index (χ0v) is 15.6. The predicted molar refractivity (Wildman–Crippen MR) is 94.0 cm³/mol. The van der Waals surface area contributed by atoms with Gasteiger partial charge >= 0.3 is 6.03 Å². The molecule has 2 amide bonds. The number of amides is 2. The lowest BCUT2D eigenvalue weighted by Gasteiger charge is -2.13. The van der Waals surface area contributed by atoms with Crippen molar-refractivity contribution in [3.63, 3.8) is 0 Å². The minimum absolute atomic E-state index is 0.0107. The molecule has 2 aromatic rings. The molecule has 2 rings (SSSR count). The minimum atomic E-state index is -0.345. The largest absolute Gasteiger partial charge is 0.334 e. The number of hydrogen-bond donors (Lipinski definition) is 2. The van der Waals surface area contributed by atoms with E-state index in [2.05, 4.69) is 52.3 Å². The Bertz CT molecular complexity index is 697. The normalized spacial score (nSPS) is 11.3. The third-order valence-electron chi connectivity index (χ3n) is 3.06. The molecule has 23 heavy (non-hydrogen) atoms. The molecule has 0 aliphatic carbocycles. The van der Waals surface area contributed by atoms with Gasteiger partial charge in [-0.2, -0.15) is 0 Å². The van der Waals surface area contributed by atoms with E-state index < -0.39 is 0 Å². The van der Waals surface area contributed by atoms with Crippen LogP contribution in [-0.4, -0.2) is 11.0 Å². The maximum atomic E-state index is 13.4. The van der Waals surface area contributed by atoms with Gasteiger partial charge in [-0.15, -0.1) is 11.3 Å². The van der Waals surface area contributed by atoms with E-state index in [1.807, 2.05) is 5.38 Å². The molecule has 1 aromatic carbocycles. The van der Waals surface area contributed by atoms with E-state index in [4.69, 9.17) is 0 Å². The summed E-state index contributed by atoms with van der Waals surface area (Å²) in [6, 6.07) is 4.45. The maximum absolute atomic E-state index is 13.4. The van der Waals surface area contributed by atoms with Crippen LogP contribution < -0.4 is 10.6 Å². The van der Waals surface area contributed by atoms with E-state index in [0.717, 1.165) is 10.7 Å². The zero-order chi connectivity index (χ0) is 17.0. The van der Waals surface area contributed by atoms with Crippen LogP contribution in [0.1, 0.15) is 37.0 Å². The predicted octanol–water partition coefficient (Wildman–Crippen LogP) is 4.34. The summed E-state index contributed by atoms with van der Waals surface area (Å²) in [7, 11) is 0. The molecule has 0 saturated heterocycles. The van der Waals surface area contributed by atoms with E-state index in [9.17, 15) is 9.18 Å². The Kier molecular flexibility index (Phi) is 5.75. The Morgan fingerprint density at radius 1 is 1.30 bits per heavy atom. The topological polar surface area (TPSA) is 54.0 Å². The van der Waals surface area contributed by atoms with E-state index in [1.165, 1.54) is 6.07 Å². The van der Waals surface area contributed by atoms with Crippen molar-refractivity contribution in [2.75, 3.05) is 0 Å². The SMILES string of the molecule is CC(C)(C)c1nc(CNC(=O)NCc2ccc(Br)c(F)c2)cs1. The average Bonchev–Trinajstić information content (AvgIpc) is 2.95. The van der Waals surface area contributed by atoms with E-state index >= 15 is 0 Å². The number of benzene rings is 1. The first-order valence-corrected chi connectivity index (χ1v) is 8.83. The average molecular weight is 400 g/mol. The summed E-state index contributed by atoms with van der Waals surface area (Å²) >= 11 is 4.69. The first-order chi connectivity index (χ1) is 10.8. The molecule has 1 aromatic heterocycles. The van der Waals surface area contributed by atoms with Crippen LogP contribution >= 0.6 is 27.3 Å². The van der Waals surface area contributed by atoms with Gasteiger partial charge in [0, 0.05) is 17.3 Å². The molecule has 0 fully saturated rings. The first-order valence-electron chi connectivity index (χ1n) is 7.16. The lowest BCUT2D eigenvalue weighted by atomic mass is 9.98. The lowest BCUT2D eigenvalue weighted by Crippen LogP contribution is -2.34. The van der Waals surface area contributed by atoms with E-state index in [-0.39, 0.29) is 23.8 Å². The summed E-state index contributed by atoms with van der Waals surface area (Å²) in [5, 5.41) is 8.44. The summed E-state index contributed by atoms with van der Waals surface area (Å²) in [4.78, 5) is 16.3. The Balaban J connectivity index is 1.81. The summed E-state index contributed by atoms with van der Waals surface area (Å²) < 4.78 is 13.8. The van der Waals surface area contributed by atoms with Crippen molar-refractivity contribution in [1.82, 2.24) is 15.6 Å². The van der Waals surface area contributed by atoms with Crippen LogP contribution in [0.3, 0.4) is 0 Å². The van der Waals surface area contributed by atoms with Gasteiger partial charge in [-0.3, -0.25) is 0 Å². The van der Waals surface area contributed by atoms with Crippen molar-refractivity contribution in [3.05, 3.63) is 50.1 Å². The fraction of sp³-hybridized carbons (Fsp3) is 0.375. The molecule has 0 aliphatic heterocycles. The van der Waals surface area contributed by atoms with Gasteiger partial charge < -0.3 is 10.6 Å². The maximum Gasteiger partial charge on any atom is 0.315 e. The van der Waals surface area contributed by atoms with Crippen LogP contribution in [-0.2, 0) is 18.5 Å². The van der Waals surface area contributed by atoms with Crippen LogP contribution in [0, 0.1) is 5.82 Å². The second-order valence-corrected chi connectivity index (χ2v) is 7.89. The molecule has 0 unspecified atom stereocenters. The summed E-state index contributed by atoms with van der Waals surface area (Å²) in [6.45, 7) is 6.95. The number of rotatable bonds is 4.